The zero-order chi connectivity index (χ0) is 20.5. The first-order chi connectivity index (χ1) is 14.7. The van der Waals surface area contributed by atoms with E-state index in [2.05, 4.69) is 30.7 Å². The van der Waals surface area contributed by atoms with Gasteiger partial charge in [0.25, 0.3) is 5.56 Å². The number of rotatable bonds is 4. The van der Waals surface area contributed by atoms with Gasteiger partial charge in [-0.2, -0.15) is 0 Å². The Morgan fingerprint density at radius 2 is 2.03 bits per heavy atom. The number of aromatic nitrogens is 3. The van der Waals surface area contributed by atoms with Crippen molar-refractivity contribution in [2.24, 2.45) is 5.92 Å². The van der Waals surface area contributed by atoms with Gasteiger partial charge in [0.05, 0.1) is 17.3 Å². The highest BCUT2D eigenvalue weighted by atomic mass is 16.3. The van der Waals surface area contributed by atoms with Crippen molar-refractivity contribution in [3.63, 3.8) is 0 Å². The summed E-state index contributed by atoms with van der Waals surface area (Å²) in [6.45, 7) is 3.18. The molecule has 1 saturated heterocycles. The number of aromatic hydroxyl groups is 1. The molecule has 2 aliphatic heterocycles. The zero-order valence-electron chi connectivity index (χ0n) is 16.5. The van der Waals surface area contributed by atoms with E-state index in [0.29, 0.717) is 24.0 Å². The van der Waals surface area contributed by atoms with E-state index in [4.69, 9.17) is 0 Å². The first kappa shape index (κ1) is 18.9. The summed E-state index contributed by atoms with van der Waals surface area (Å²) in [4.78, 5) is 27.0. The highest BCUT2D eigenvalue weighted by Crippen LogP contribution is 2.28. The van der Waals surface area contributed by atoms with Gasteiger partial charge in [-0.3, -0.25) is 20.1 Å². The van der Waals surface area contributed by atoms with E-state index < -0.39 is 0 Å². The van der Waals surface area contributed by atoms with Crippen molar-refractivity contribution >= 4 is 0 Å². The van der Waals surface area contributed by atoms with Crippen LogP contribution in [0.3, 0.4) is 0 Å². The Morgan fingerprint density at radius 1 is 1.17 bits per heavy atom. The third-order valence-corrected chi connectivity index (χ3v) is 5.89. The Bertz CT molecular complexity index is 1080. The summed E-state index contributed by atoms with van der Waals surface area (Å²) in [6, 6.07) is 13.1. The summed E-state index contributed by atoms with van der Waals surface area (Å²) in [5, 5.41) is 9.55. The number of benzene rings is 1. The third kappa shape index (κ3) is 3.72. The second kappa shape index (κ2) is 7.98. The molecule has 2 unspecified atom stereocenters. The van der Waals surface area contributed by atoms with E-state index in [1.165, 1.54) is 0 Å². The number of fused-ring (bicyclic) bond motifs is 1. The number of hydrogen-bond acceptors (Lipinski definition) is 7. The topological polar surface area (TPSA) is 106 Å². The number of phenolic OH excluding ortho intramolecular Hbond substituents is 1. The molecule has 3 aromatic rings. The molecule has 1 aromatic carbocycles. The predicted molar refractivity (Wildman–Crippen MR) is 113 cm³/mol. The Labute approximate surface area is 174 Å². The van der Waals surface area contributed by atoms with Crippen LogP contribution in [-0.2, 0) is 13.0 Å². The standard InChI is InChI=1S/C22H24N6O2/c29-16-6-4-14(5-7-16)20-15(11-24-27-20)12-28-10-8-18-17(13-28)22(30)26-21(25-18)19-3-1-2-9-23-19/h1-7,9,15,20,24,27,29H,8,10-13H2,(H,25,26,30). The van der Waals surface area contributed by atoms with Gasteiger partial charge in [-0.25, -0.2) is 10.4 Å². The second-order valence-electron chi connectivity index (χ2n) is 7.89. The van der Waals surface area contributed by atoms with Gasteiger partial charge in [-0.1, -0.05) is 18.2 Å². The molecule has 0 aliphatic carbocycles. The number of phenols is 1. The lowest BCUT2D eigenvalue weighted by Gasteiger charge is -2.31. The van der Waals surface area contributed by atoms with Crippen LogP contribution in [0.4, 0.5) is 0 Å². The predicted octanol–water partition coefficient (Wildman–Crippen LogP) is 1.36. The molecule has 2 atom stereocenters. The van der Waals surface area contributed by atoms with Crippen molar-refractivity contribution < 1.29 is 5.11 Å². The van der Waals surface area contributed by atoms with Gasteiger partial charge >= 0.3 is 0 Å². The fraction of sp³-hybridized carbons (Fsp3) is 0.318. The first-order valence-electron chi connectivity index (χ1n) is 10.2. The van der Waals surface area contributed by atoms with Crippen molar-refractivity contribution in [3.05, 3.63) is 75.8 Å². The number of nitrogens with one attached hydrogen (secondary N) is 3. The monoisotopic (exact) mass is 404 g/mol. The molecule has 2 aromatic heterocycles. The summed E-state index contributed by atoms with van der Waals surface area (Å²) >= 11 is 0. The highest BCUT2D eigenvalue weighted by Gasteiger charge is 2.31. The number of H-pyrrole nitrogens is 1. The van der Waals surface area contributed by atoms with Crippen LogP contribution in [0.2, 0.25) is 0 Å². The first-order valence-corrected chi connectivity index (χ1v) is 10.2. The van der Waals surface area contributed by atoms with Gasteiger partial charge in [0.15, 0.2) is 5.82 Å². The maximum absolute atomic E-state index is 12.8. The minimum atomic E-state index is -0.0805. The van der Waals surface area contributed by atoms with Gasteiger partial charge in [-0.15, -0.1) is 0 Å². The molecule has 0 spiro atoms. The molecule has 8 nitrogen and oxygen atoms in total. The fourth-order valence-electron chi connectivity index (χ4n) is 4.34. The molecule has 30 heavy (non-hydrogen) atoms. The lowest BCUT2D eigenvalue weighted by Crippen LogP contribution is -2.40. The quantitative estimate of drug-likeness (QED) is 0.520. The molecule has 5 rings (SSSR count). The highest BCUT2D eigenvalue weighted by molar-refractivity contribution is 5.49. The SMILES string of the molecule is O=c1[nH]c(-c2ccccn2)nc2c1CN(CC1CNNC1c1ccc(O)cc1)CC2. The Kier molecular flexibility index (Phi) is 5.04. The van der Waals surface area contributed by atoms with Crippen molar-refractivity contribution in [3.8, 4) is 17.3 Å². The largest absolute Gasteiger partial charge is 0.508 e. The van der Waals surface area contributed by atoms with Crippen LogP contribution in [0.25, 0.3) is 11.5 Å². The van der Waals surface area contributed by atoms with Gasteiger partial charge in [0, 0.05) is 44.7 Å². The van der Waals surface area contributed by atoms with Gasteiger partial charge in [0.1, 0.15) is 11.4 Å². The molecule has 4 N–H and O–H groups in total. The van der Waals surface area contributed by atoms with E-state index in [1.807, 2.05) is 30.3 Å². The number of hydrazine groups is 1. The maximum Gasteiger partial charge on any atom is 0.255 e. The normalized spacial score (nSPS) is 21.5. The zero-order valence-corrected chi connectivity index (χ0v) is 16.5. The van der Waals surface area contributed by atoms with Crippen LogP contribution in [0.5, 0.6) is 5.75 Å². The third-order valence-electron chi connectivity index (χ3n) is 5.89. The number of aromatic amines is 1. The lowest BCUT2D eigenvalue weighted by molar-refractivity contribution is 0.207. The molecule has 0 amide bonds. The van der Waals surface area contributed by atoms with E-state index in [-0.39, 0.29) is 17.4 Å². The second-order valence-corrected chi connectivity index (χ2v) is 7.89. The summed E-state index contributed by atoms with van der Waals surface area (Å²) in [6.07, 6.45) is 2.45. The van der Waals surface area contributed by atoms with Gasteiger partial charge in [-0.05, 0) is 29.8 Å². The van der Waals surface area contributed by atoms with Gasteiger partial charge in [0.2, 0.25) is 0 Å². The van der Waals surface area contributed by atoms with Crippen LogP contribution in [0, 0.1) is 5.92 Å². The molecule has 0 radical (unpaired) electrons. The van der Waals surface area contributed by atoms with Crippen molar-refractivity contribution in [1.82, 2.24) is 30.7 Å². The van der Waals surface area contributed by atoms with Crippen LogP contribution < -0.4 is 16.4 Å². The average Bonchev–Trinajstić information content (AvgIpc) is 3.23. The molecule has 0 bridgehead atoms. The maximum atomic E-state index is 12.8. The average molecular weight is 404 g/mol. The number of nitrogens with zero attached hydrogens (tertiary/aromatic N) is 3. The number of pyridine rings is 1. The van der Waals surface area contributed by atoms with E-state index in [9.17, 15) is 9.90 Å². The Balaban J connectivity index is 1.32. The van der Waals surface area contributed by atoms with Crippen molar-refractivity contribution in [2.75, 3.05) is 19.6 Å². The van der Waals surface area contributed by atoms with E-state index in [0.717, 1.165) is 42.9 Å². The van der Waals surface area contributed by atoms with Crippen molar-refractivity contribution in [2.45, 2.75) is 19.0 Å². The van der Waals surface area contributed by atoms with Gasteiger partial charge < -0.3 is 10.1 Å². The molecule has 0 saturated carbocycles. The van der Waals surface area contributed by atoms with Crippen molar-refractivity contribution in [1.29, 1.82) is 0 Å². The summed E-state index contributed by atoms with van der Waals surface area (Å²) in [5.74, 6) is 1.16. The lowest BCUT2D eigenvalue weighted by atomic mass is 9.93. The van der Waals surface area contributed by atoms with Crippen LogP contribution in [0.15, 0.2) is 53.5 Å². The fourth-order valence-corrected chi connectivity index (χ4v) is 4.34. The summed E-state index contributed by atoms with van der Waals surface area (Å²) < 4.78 is 0. The molecule has 4 heterocycles. The minimum Gasteiger partial charge on any atom is -0.508 e. The Hall–Kier alpha value is -3.07. The van der Waals surface area contributed by atoms with Crippen LogP contribution >= 0.6 is 0 Å². The van der Waals surface area contributed by atoms with E-state index >= 15 is 0 Å². The molecule has 1 fully saturated rings. The number of hydrogen-bond donors (Lipinski definition) is 4. The molecular weight excluding hydrogens is 380 g/mol. The van der Waals surface area contributed by atoms with Crippen LogP contribution in [-0.4, -0.2) is 44.6 Å². The summed E-state index contributed by atoms with van der Waals surface area (Å²) in [5.41, 5.74) is 9.96. The summed E-state index contributed by atoms with van der Waals surface area (Å²) in [7, 11) is 0. The Morgan fingerprint density at radius 3 is 2.83 bits per heavy atom. The molecule has 2 aliphatic rings. The molecular formula is C22H24N6O2. The molecule has 154 valence electrons. The minimum absolute atomic E-state index is 0.0805. The molecule has 8 heteroatoms. The smallest absolute Gasteiger partial charge is 0.255 e. The van der Waals surface area contributed by atoms with E-state index in [1.54, 1.807) is 18.3 Å². The van der Waals surface area contributed by atoms with Crippen LogP contribution in [0.1, 0.15) is 22.9 Å².